The summed E-state index contributed by atoms with van der Waals surface area (Å²) in [5.74, 6) is 2.75. The van der Waals surface area contributed by atoms with Crippen molar-refractivity contribution in [1.82, 2.24) is 4.90 Å². The SMILES string of the molecule is O=C1CC[C@@H]2CCN(Cc3cc4c(cc3Br)OCO4)[C@@H]2C1. The summed E-state index contributed by atoms with van der Waals surface area (Å²) in [5.41, 5.74) is 1.21. The maximum atomic E-state index is 11.8. The van der Waals surface area contributed by atoms with Gasteiger partial charge in [-0.15, -0.1) is 0 Å². The first-order chi connectivity index (χ1) is 10.2. The zero-order valence-corrected chi connectivity index (χ0v) is 13.4. The summed E-state index contributed by atoms with van der Waals surface area (Å²) >= 11 is 3.63. The molecule has 1 aromatic carbocycles. The molecule has 2 atom stereocenters. The third kappa shape index (κ3) is 2.46. The van der Waals surface area contributed by atoms with E-state index in [1.807, 2.05) is 6.07 Å². The van der Waals surface area contributed by atoms with Gasteiger partial charge in [0.2, 0.25) is 6.79 Å². The Morgan fingerprint density at radius 3 is 2.90 bits per heavy atom. The molecule has 4 nitrogen and oxygen atoms in total. The fraction of sp³-hybridized carbons (Fsp3) is 0.562. The van der Waals surface area contributed by atoms with Crippen LogP contribution in [0.5, 0.6) is 11.5 Å². The van der Waals surface area contributed by atoms with E-state index in [2.05, 4.69) is 26.9 Å². The van der Waals surface area contributed by atoms with Gasteiger partial charge in [0.05, 0.1) is 0 Å². The van der Waals surface area contributed by atoms with Crippen LogP contribution in [-0.4, -0.2) is 30.1 Å². The van der Waals surface area contributed by atoms with Gasteiger partial charge in [0.1, 0.15) is 5.78 Å². The van der Waals surface area contributed by atoms with Crippen molar-refractivity contribution in [3.8, 4) is 11.5 Å². The first-order valence-corrected chi connectivity index (χ1v) is 8.34. The number of benzene rings is 1. The number of fused-ring (bicyclic) bond motifs is 2. The van der Waals surface area contributed by atoms with Crippen molar-refractivity contribution < 1.29 is 14.3 Å². The minimum absolute atomic E-state index is 0.300. The summed E-state index contributed by atoms with van der Waals surface area (Å²) in [6.45, 7) is 2.25. The molecule has 3 aliphatic rings. The lowest BCUT2D eigenvalue weighted by molar-refractivity contribution is -0.122. The summed E-state index contributed by atoms with van der Waals surface area (Å²) in [6.07, 6.45) is 3.80. The molecule has 1 aliphatic carbocycles. The predicted octanol–water partition coefficient (Wildman–Crippen LogP) is 3.12. The summed E-state index contributed by atoms with van der Waals surface area (Å²) in [5, 5.41) is 0. The second-order valence-electron chi connectivity index (χ2n) is 6.16. The molecule has 1 saturated heterocycles. The molecule has 21 heavy (non-hydrogen) atoms. The van der Waals surface area contributed by atoms with Crippen molar-refractivity contribution in [2.45, 2.75) is 38.3 Å². The monoisotopic (exact) mass is 351 g/mol. The number of hydrogen-bond acceptors (Lipinski definition) is 4. The van der Waals surface area contributed by atoms with Gasteiger partial charge < -0.3 is 9.47 Å². The van der Waals surface area contributed by atoms with Gasteiger partial charge in [0, 0.05) is 29.9 Å². The third-order valence-corrected chi connectivity index (χ3v) is 5.68. The lowest BCUT2D eigenvalue weighted by Crippen LogP contribution is -2.37. The van der Waals surface area contributed by atoms with Crippen molar-refractivity contribution >= 4 is 21.7 Å². The fourth-order valence-corrected chi connectivity index (χ4v) is 4.25. The van der Waals surface area contributed by atoms with Gasteiger partial charge >= 0.3 is 0 Å². The standard InChI is InChI=1S/C16H18BrNO3/c17-13-7-16-15(20-9-21-16)5-11(13)8-18-4-3-10-1-2-12(19)6-14(10)18/h5,7,10,14H,1-4,6,8-9H2/t10-,14-/m1/s1. The van der Waals surface area contributed by atoms with Crippen LogP contribution < -0.4 is 9.47 Å². The van der Waals surface area contributed by atoms with Crippen molar-refractivity contribution in [2.24, 2.45) is 5.92 Å². The summed E-state index contributed by atoms with van der Waals surface area (Å²) in [4.78, 5) is 14.2. The lowest BCUT2D eigenvalue weighted by Gasteiger charge is -2.31. The van der Waals surface area contributed by atoms with Gasteiger partial charge in [-0.3, -0.25) is 9.69 Å². The molecule has 0 bridgehead atoms. The number of halogens is 1. The highest BCUT2D eigenvalue weighted by Gasteiger charge is 2.38. The van der Waals surface area contributed by atoms with Gasteiger partial charge in [0.15, 0.2) is 11.5 Å². The molecule has 0 spiro atoms. The highest BCUT2D eigenvalue weighted by molar-refractivity contribution is 9.10. The van der Waals surface area contributed by atoms with Crippen molar-refractivity contribution in [3.05, 3.63) is 22.2 Å². The maximum Gasteiger partial charge on any atom is 0.231 e. The molecule has 0 radical (unpaired) electrons. The number of hydrogen-bond donors (Lipinski definition) is 0. The van der Waals surface area contributed by atoms with E-state index >= 15 is 0 Å². The summed E-state index contributed by atoms with van der Waals surface area (Å²) < 4.78 is 11.9. The van der Waals surface area contributed by atoms with Gasteiger partial charge in [-0.05, 0) is 43.0 Å². The van der Waals surface area contributed by atoms with E-state index in [1.165, 1.54) is 12.0 Å². The Balaban J connectivity index is 1.55. The number of ketones is 1. The van der Waals surface area contributed by atoms with E-state index in [9.17, 15) is 4.79 Å². The number of Topliss-reactive ketones (excluding diaryl/α,β-unsaturated/α-hetero) is 1. The van der Waals surface area contributed by atoms with E-state index in [4.69, 9.17) is 9.47 Å². The second-order valence-corrected chi connectivity index (χ2v) is 7.02. The third-order valence-electron chi connectivity index (χ3n) is 4.95. The average molecular weight is 352 g/mol. The first kappa shape index (κ1) is 13.6. The molecule has 0 N–H and O–H groups in total. The van der Waals surface area contributed by atoms with Crippen molar-refractivity contribution in [1.29, 1.82) is 0 Å². The van der Waals surface area contributed by atoms with Crippen molar-refractivity contribution in [2.75, 3.05) is 13.3 Å². The molecule has 4 rings (SSSR count). The molecule has 2 aliphatic heterocycles. The minimum atomic E-state index is 0.300. The normalized spacial score (nSPS) is 28.0. The Hall–Kier alpha value is -1.07. The Morgan fingerprint density at radius 2 is 2.05 bits per heavy atom. The van der Waals surface area contributed by atoms with Crippen LogP contribution in [0.15, 0.2) is 16.6 Å². The van der Waals surface area contributed by atoms with Gasteiger partial charge in [-0.25, -0.2) is 0 Å². The molecular weight excluding hydrogens is 334 g/mol. The smallest absolute Gasteiger partial charge is 0.231 e. The number of nitrogens with zero attached hydrogens (tertiary/aromatic N) is 1. The Bertz CT molecular complexity index is 589. The number of rotatable bonds is 2. The van der Waals surface area contributed by atoms with Crippen LogP contribution in [0.1, 0.15) is 31.2 Å². The Morgan fingerprint density at radius 1 is 1.24 bits per heavy atom. The maximum absolute atomic E-state index is 11.8. The molecule has 2 fully saturated rings. The molecule has 0 aromatic heterocycles. The quantitative estimate of drug-likeness (QED) is 0.820. The highest BCUT2D eigenvalue weighted by Crippen LogP contribution is 2.40. The topological polar surface area (TPSA) is 38.8 Å². The number of ether oxygens (including phenoxy) is 2. The fourth-order valence-electron chi connectivity index (χ4n) is 3.80. The largest absolute Gasteiger partial charge is 0.454 e. The van der Waals surface area contributed by atoms with E-state index in [0.29, 0.717) is 24.5 Å². The molecule has 1 saturated carbocycles. The molecule has 0 amide bonds. The van der Waals surface area contributed by atoms with Gasteiger partial charge in [-0.2, -0.15) is 0 Å². The number of carbonyl (C=O) groups excluding carboxylic acids is 1. The van der Waals surface area contributed by atoms with Crippen LogP contribution in [0.3, 0.4) is 0 Å². The molecule has 0 unspecified atom stereocenters. The van der Waals surface area contributed by atoms with Crippen LogP contribution in [-0.2, 0) is 11.3 Å². The molecular formula is C16H18BrNO3. The minimum Gasteiger partial charge on any atom is -0.454 e. The van der Waals surface area contributed by atoms with Crippen molar-refractivity contribution in [3.63, 3.8) is 0 Å². The lowest BCUT2D eigenvalue weighted by atomic mass is 9.84. The molecule has 1 aromatic rings. The van der Waals surface area contributed by atoms with E-state index < -0.39 is 0 Å². The molecule has 2 heterocycles. The zero-order chi connectivity index (χ0) is 14.4. The predicted molar refractivity (Wildman–Crippen MR) is 81.4 cm³/mol. The first-order valence-electron chi connectivity index (χ1n) is 7.54. The van der Waals surface area contributed by atoms with Crippen LogP contribution >= 0.6 is 15.9 Å². The summed E-state index contributed by atoms with van der Waals surface area (Å²) in [6, 6.07) is 4.48. The molecule has 112 valence electrons. The number of likely N-dealkylation sites (tertiary alicyclic amines) is 1. The number of carbonyl (C=O) groups is 1. The highest BCUT2D eigenvalue weighted by atomic mass is 79.9. The zero-order valence-electron chi connectivity index (χ0n) is 11.8. The molecule has 5 heteroatoms. The van der Waals surface area contributed by atoms with Gasteiger partial charge in [-0.1, -0.05) is 15.9 Å². The average Bonchev–Trinajstić information content (AvgIpc) is 3.06. The van der Waals surface area contributed by atoms with Crippen LogP contribution in [0, 0.1) is 5.92 Å². The Kier molecular flexibility index (Phi) is 3.42. The summed E-state index contributed by atoms with van der Waals surface area (Å²) in [7, 11) is 0. The van der Waals surface area contributed by atoms with E-state index in [0.717, 1.165) is 48.3 Å². The second kappa shape index (κ2) is 5.29. The van der Waals surface area contributed by atoms with Crippen LogP contribution in [0.25, 0.3) is 0 Å². The Labute approximate surface area is 132 Å². The van der Waals surface area contributed by atoms with Crippen LogP contribution in [0.2, 0.25) is 0 Å². The van der Waals surface area contributed by atoms with Gasteiger partial charge in [0.25, 0.3) is 0 Å². The van der Waals surface area contributed by atoms with E-state index in [1.54, 1.807) is 0 Å². The van der Waals surface area contributed by atoms with E-state index in [-0.39, 0.29) is 0 Å². The van der Waals surface area contributed by atoms with Crippen LogP contribution in [0.4, 0.5) is 0 Å².